The molecule has 0 bridgehead atoms. The zero-order valence-corrected chi connectivity index (χ0v) is 14.3. The van der Waals surface area contributed by atoms with Gasteiger partial charge in [0.15, 0.2) is 21.3 Å². The molecular weight excluding hydrogens is 318 g/mol. The van der Waals surface area contributed by atoms with Crippen molar-refractivity contribution in [2.24, 2.45) is 5.92 Å². The molecule has 7 heteroatoms. The summed E-state index contributed by atoms with van der Waals surface area (Å²) < 4.78 is 33.1. The summed E-state index contributed by atoms with van der Waals surface area (Å²) in [5, 5.41) is 2.85. The van der Waals surface area contributed by atoms with Crippen LogP contribution in [0.1, 0.15) is 18.4 Å². The van der Waals surface area contributed by atoms with Gasteiger partial charge in [0.05, 0.1) is 32.1 Å². The van der Waals surface area contributed by atoms with E-state index in [1.54, 1.807) is 26.4 Å². The molecule has 0 aromatic heterocycles. The molecule has 0 aliphatic carbocycles. The van der Waals surface area contributed by atoms with Crippen LogP contribution >= 0.6 is 0 Å². The van der Waals surface area contributed by atoms with E-state index in [4.69, 9.17) is 9.47 Å². The highest BCUT2D eigenvalue weighted by molar-refractivity contribution is 7.91. The van der Waals surface area contributed by atoms with E-state index in [1.807, 2.05) is 6.07 Å². The van der Waals surface area contributed by atoms with Gasteiger partial charge in [-0.25, -0.2) is 8.42 Å². The van der Waals surface area contributed by atoms with E-state index in [9.17, 15) is 13.2 Å². The summed E-state index contributed by atoms with van der Waals surface area (Å²) in [6.45, 7) is 0.506. The first-order valence-corrected chi connectivity index (χ1v) is 9.43. The predicted octanol–water partition coefficient (Wildman–Crippen LogP) is 1.19. The third-order valence-electron chi connectivity index (χ3n) is 4.01. The Balaban J connectivity index is 1.79. The van der Waals surface area contributed by atoms with E-state index in [0.717, 1.165) is 5.56 Å². The van der Waals surface area contributed by atoms with E-state index in [1.165, 1.54) is 0 Å². The van der Waals surface area contributed by atoms with E-state index < -0.39 is 9.84 Å². The smallest absolute Gasteiger partial charge is 0.224 e. The van der Waals surface area contributed by atoms with Crippen molar-refractivity contribution in [3.05, 3.63) is 23.8 Å². The van der Waals surface area contributed by atoms with E-state index in [-0.39, 0.29) is 29.8 Å². The summed E-state index contributed by atoms with van der Waals surface area (Å²) in [7, 11) is 0.268. The van der Waals surface area contributed by atoms with Gasteiger partial charge in [-0.05, 0) is 36.5 Å². The van der Waals surface area contributed by atoms with Gasteiger partial charge in [0, 0.05) is 6.54 Å². The number of amides is 1. The van der Waals surface area contributed by atoms with E-state index in [0.29, 0.717) is 30.9 Å². The SMILES string of the molecule is COc1ccc(CC(=O)NCCC2CCS(=O)(=O)C2)cc1OC. The minimum Gasteiger partial charge on any atom is -0.493 e. The van der Waals surface area contributed by atoms with Crippen molar-refractivity contribution in [2.45, 2.75) is 19.3 Å². The standard InChI is InChI=1S/C16H23NO5S/c1-21-14-4-3-13(9-15(14)22-2)10-16(18)17-7-5-12-6-8-23(19,20)11-12/h3-4,9,12H,5-8,10-11H2,1-2H3,(H,17,18). The third kappa shape index (κ3) is 5.13. The van der Waals surface area contributed by atoms with Gasteiger partial charge in [-0.15, -0.1) is 0 Å². The second-order valence-electron chi connectivity index (χ2n) is 5.77. The van der Waals surface area contributed by atoms with Crippen LogP contribution in [0.15, 0.2) is 18.2 Å². The number of sulfone groups is 1. The van der Waals surface area contributed by atoms with Crippen LogP contribution in [-0.2, 0) is 21.1 Å². The number of benzene rings is 1. The maximum absolute atomic E-state index is 12.0. The molecule has 23 heavy (non-hydrogen) atoms. The van der Waals surface area contributed by atoms with Crippen molar-refractivity contribution in [1.82, 2.24) is 5.32 Å². The molecule has 0 spiro atoms. The highest BCUT2D eigenvalue weighted by atomic mass is 32.2. The molecule has 128 valence electrons. The Morgan fingerprint density at radius 2 is 2.00 bits per heavy atom. The summed E-state index contributed by atoms with van der Waals surface area (Å²) >= 11 is 0. The highest BCUT2D eigenvalue weighted by Crippen LogP contribution is 2.27. The molecule has 1 amide bonds. The van der Waals surface area contributed by atoms with Gasteiger partial charge in [-0.1, -0.05) is 6.07 Å². The normalized spacial score (nSPS) is 19.3. The van der Waals surface area contributed by atoms with Crippen molar-refractivity contribution < 1.29 is 22.7 Å². The maximum Gasteiger partial charge on any atom is 0.224 e. The fourth-order valence-electron chi connectivity index (χ4n) is 2.75. The molecule has 1 aliphatic rings. The number of hydrogen-bond donors (Lipinski definition) is 1. The molecule has 6 nitrogen and oxygen atoms in total. The first-order valence-electron chi connectivity index (χ1n) is 7.61. The molecule has 1 fully saturated rings. The largest absolute Gasteiger partial charge is 0.493 e. The summed E-state index contributed by atoms with van der Waals surface area (Å²) in [6.07, 6.45) is 1.66. The minimum absolute atomic E-state index is 0.0851. The average Bonchev–Trinajstić information content (AvgIpc) is 2.86. The van der Waals surface area contributed by atoms with Crippen LogP contribution in [0.5, 0.6) is 11.5 Å². The van der Waals surface area contributed by atoms with Crippen molar-refractivity contribution in [1.29, 1.82) is 0 Å². The molecule has 0 saturated carbocycles. The van der Waals surface area contributed by atoms with E-state index >= 15 is 0 Å². The van der Waals surface area contributed by atoms with Gasteiger partial charge >= 0.3 is 0 Å². The molecule has 1 heterocycles. The molecule has 1 atom stereocenters. The van der Waals surface area contributed by atoms with E-state index in [2.05, 4.69) is 5.32 Å². The lowest BCUT2D eigenvalue weighted by Crippen LogP contribution is -2.27. The molecule has 1 saturated heterocycles. The van der Waals surface area contributed by atoms with Crippen LogP contribution in [0, 0.1) is 5.92 Å². The van der Waals surface area contributed by atoms with Crippen LogP contribution in [-0.4, -0.2) is 46.6 Å². The molecule has 1 N–H and O–H groups in total. The molecular formula is C16H23NO5S. The second kappa shape index (κ2) is 7.68. The predicted molar refractivity (Wildman–Crippen MR) is 87.6 cm³/mol. The number of nitrogens with one attached hydrogen (secondary N) is 1. The van der Waals surface area contributed by atoms with Gasteiger partial charge in [0.25, 0.3) is 0 Å². The Bertz CT molecular complexity index is 656. The number of carbonyl (C=O) groups excluding carboxylic acids is 1. The maximum atomic E-state index is 12.0. The quantitative estimate of drug-likeness (QED) is 0.805. The highest BCUT2D eigenvalue weighted by Gasteiger charge is 2.27. The van der Waals surface area contributed by atoms with Gasteiger partial charge in [-0.2, -0.15) is 0 Å². The number of rotatable bonds is 7. The lowest BCUT2D eigenvalue weighted by molar-refractivity contribution is -0.120. The fraction of sp³-hybridized carbons (Fsp3) is 0.562. The molecule has 1 aromatic rings. The Morgan fingerprint density at radius 1 is 1.26 bits per heavy atom. The van der Waals surface area contributed by atoms with Crippen LogP contribution < -0.4 is 14.8 Å². The zero-order valence-electron chi connectivity index (χ0n) is 13.5. The summed E-state index contributed by atoms with van der Waals surface area (Å²) in [5.41, 5.74) is 0.837. The number of hydrogen-bond acceptors (Lipinski definition) is 5. The monoisotopic (exact) mass is 341 g/mol. The Hall–Kier alpha value is -1.76. The van der Waals surface area contributed by atoms with Crippen LogP contribution in [0.2, 0.25) is 0 Å². The van der Waals surface area contributed by atoms with Gasteiger partial charge in [-0.3, -0.25) is 4.79 Å². The fourth-order valence-corrected chi connectivity index (χ4v) is 4.66. The Kier molecular flexibility index (Phi) is 5.87. The molecule has 2 rings (SSSR count). The van der Waals surface area contributed by atoms with Crippen LogP contribution in [0.25, 0.3) is 0 Å². The summed E-state index contributed by atoms with van der Waals surface area (Å²) in [5.74, 6) is 1.82. The van der Waals surface area contributed by atoms with Crippen LogP contribution in [0.3, 0.4) is 0 Å². The number of ether oxygens (including phenoxy) is 2. The van der Waals surface area contributed by atoms with Gasteiger partial charge in [0.2, 0.25) is 5.91 Å². The van der Waals surface area contributed by atoms with Crippen molar-refractivity contribution in [2.75, 3.05) is 32.3 Å². The van der Waals surface area contributed by atoms with Gasteiger partial charge < -0.3 is 14.8 Å². The summed E-state index contributed by atoms with van der Waals surface area (Å²) in [6, 6.07) is 5.37. The van der Waals surface area contributed by atoms with Crippen molar-refractivity contribution in [3.63, 3.8) is 0 Å². The number of methoxy groups -OCH3 is 2. The summed E-state index contributed by atoms with van der Waals surface area (Å²) in [4.78, 5) is 12.0. The first kappa shape index (κ1) is 17.6. The first-order chi connectivity index (χ1) is 10.9. The van der Waals surface area contributed by atoms with Crippen LogP contribution in [0.4, 0.5) is 0 Å². The Labute approximate surface area is 137 Å². The lowest BCUT2D eigenvalue weighted by Gasteiger charge is -2.11. The second-order valence-corrected chi connectivity index (χ2v) is 8.00. The van der Waals surface area contributed by atoms with Crippen molar-refractivity contribution in [3.8, 4) is 11.5 Å². The third-order valence-corrected chi connectivity index (χ3v) is 5.85. The average molecular weight is 341 g/mol. The number of carbonyl (C=O) groups is 1. The Morgan fingerprint density at radius 3 is 2.61 bits per heavy atom. The molecule has 1 aliphatic heterocycles. The minimum atomic E-state index is -2.85. The zero-order chi connectivity index (χ0) is 16.9. The molecule has 1 aromatic carbocycles. The van der Waals surface area contributed by atoms with Crippen molar-refractivity contribution >= 4 is 15.7 Å². The lowest BCUT2D eigenvalue weighted by atomic mass is 10.1. The molecule has 0 radical (unpaired) electrons. The molecule has 1 unspecified atom stereocenters. The van der Waals surface area contributed by atoms with Gasteiger partial charge in [0.1, 0.15) is 0 Å². The topological polar surface area (TPSA) is 81.7 Å².